The molecule has 37 heavy (non-hydrogen) atoms. The molecule has 3 aromatic carbocycles. The van der Waals surface area contributed by atoms with E-state index in [0.717, 1.165) is 22.0 Å². The van der Waals surface area contributed by atoms with Gasteiger partial charge in [-0.25, -0.2) is 4.79 Å². The van der Waals surface area contributed by atoms with E-state index >= 15 is 0 Å². The topological polar surface area (TPSA) is 96.5 Å². The molecule has 0 spiro atoms. The van der Waals surface area contributed by atoms with Gasteiger partial charge in [0.2, 0.25) is 5.78 Å². The highest BCUT2D eigenvalue weighted by molar-refractivity contribution is 6.44. The largest absolute Gasteiger partial charge is 0.465 e. The van der Waals surface area contributed by atoms with Gasteiger partial charge in [0.1, 0.15) is 5.92 Å². The number of amides is 1. The number of benzene rings is 3. The number of para-hydroxylation sites is 1. The van der Waals surface area contributed by atoms with Gasteiger partial charge < -0.3 is 14.6 Å². The number of ether oxygens (including phenoxy) is 1. The molecule has 2 atom stereocenters. The molecule has 1 saturated heterocycles. The van der Waals surface area contributed by atoms with E-state index in [-0.39, 0.29) is 12.3 Å². The number of aromatic amines is 1. The highest BCUT2D eigenvalue weighted by Crippen LogP contribution is 2.39. The first-order valence-electron chi connectivity index (χ1n) is 12.1. The fourth-order valence-electron chi connectivity index (χ4n) is 5.13. The standard InChI is InChI=1S/C30H26N2O5/c1-18-7-3-4-8-22(18)27(33)25-26(19-11-13-20(14-12-19)30(36)37-2)32(29(35)28(25)34)16-15-21-17-31-24-10-6-5-9-23(21)24/h3-14,17,25-26,31H,15-16H2,1-2H3. The zero-order chi connectivity index (χ0) is 26.1. The monoisotopic (exact) mass is 494 g/mol. The van der Waals surface area contributed by atoms with E-state index in [2.05, 4.69) is 4.98 Å². The maximum absolute atomic E-state index is 13.7. The molecule has 4 aromatic rings. The summed E-state index contributed by atoms with van der Waals surface area (Å²) >= 11 is 0. The molecule has 0 radical (unpaired) electrons. The fourth-order valence-corrected chi connectivity index (χ4v) is 5.13. The van der Waals surface area contributed by atoms with E-state index in [9.17, 15) is 19.2 Å². The molecule has 7 nitrogen and oxygen atoms in total. The van der Waals surface area contributed by atoms with Crippen LogP contribution in [-0.4, -0.2) is 47.0 Å². The second-order valence-electron chi connectivity index (χ2n) is 9.19. The SMILES string of the molecule is COC(=O)c1ccc(C2C(C(=O)c3ccccc3C)C(=O)C(=O)N2CCc2c[nH]c3ccccc23)cc1. The summed E-state index contributed by atoms with van der Waals surface area (Å²) in [7, 11) is 1.30. The number of methoxy groups -OCH3 is 1. The minimum absolute atomic E-state index is 0.257. The Kier molecular flexibility index (Phi) is 6.44. The Morgan fingerprint density at radius 2 is 1.65 bits per heavy atom. The lowest BCUT2D eigenvalue weighted by Gasteiger charge is -2.27. The number of hydrogen-bond donors (Lipinski definition) is 1. The van der Waals surface area contributed by atoms with Crippen molar-refractivity contribution in [2.75, 3.05) is 13.7 Å². The fraction of sp³-hybridized carbons (Fsp3) is 0.200. The Morgan fingerprint density at radius 3 is 2.38 bits per heavy atom. The van der Waals surface area contributed by atoms with Crippen molar-refractivity contribution in [3.63, 3.8) is 0 Å². The second-order valence-corrected chi connectivity index (χ2v) is 9.19. The third kappa shape index (κ3) is 4.33. The van der Waals surface area contributed by atoms with Crippen LogP contribution in [0.1, 0.15) is 43.4 Å². The van der Waals surface area contributed by atoms with Gasteiger partial charge in [-0.3, -0.25) is 14.4 Å². The van der Waals surface area contributed by atoms with Crippen molar-refractivity contribution < 1.29 is 23.9 Å². The summed E-state index contributed by atoms with van der Waals surface area (Å²) in [5, 5.41) is 1.05. The average molecular weight is 495 g/mol. The van der Waals surface area contributed by atoms with Crippen LogP contribution in [-0.2, 0) is 20.7 Å². The van der Waals surface area contributed by atoms with Crippen LogP contribution in [0.3, 0.4) is 0 Å². The number of carbonyl (C=O) groups excluding carboxylic acids is 4. The number of hydrogen-bond acceptors (Lipinski definition) is 5. The van der Waals surface area contributed by atoms with Gasteiger partial charge in [0.25, 0.3) is 5.91 Å². The van der Waals surface area contributed by atoms with Crippen LogP contribution >= 0.6 is 0 Å². The maximum Gasteiger partial charge on any atom is 0.337 e. The Bertz CT molecular complexity index is 1520. The van der Waals surface area contributed by atoms with E-state index in [1.165, 1.54) is 12.0 Å². The molecule has 186 valence electrons. The minimum atomic E-state index is -1.18. The summed E-state index contributed by atoms with van der Waals surface area (Å²) in [6, 6.07) is 20.7. The van der Waals surface area contributed by atoms with Crippen LogP contribution in [0.2, 0.25) is 0 Å². The van der Waals surface area contributed by atoms with E-state index in [0.29, 0.717) is 23.1 Å². The van der Waals surface area contributed by atoms with Crippen molar-refractivity contribution >= 4 is 34.3 Å². The number of carbonyl (C=O) groups is 4. The van der Waals surface area contributed by atoms with Crippen LogP contribution < -0.4 is 0 Å². The third-order valence-electron chi connectivity index (χ3n) is 7.07. The van der Waals surface area contributed by atoms with Crippen LogP contribution in [0.25, 0.3) is 10.9 Å². The number of esters is 1. The Morgan fingerprint density at radius 1 is 0.946 bits per heavy atom. The number of fused-ring (bicyclic) bond motifs is 1. The number of H-pyrrole nitrogens is 1. The average Bonchev–Trinajstić information content (AvgIpc) is 3.45. The van der Waals surface area contributed by atoms with Crippen LogP contribution in [0.4, 0.5) is 0 Å². The molecule has 0 bridgehead atoms. The smallest absolute Gasteiger partial charge is 0.337 e. The summed E-state index contributed by atoms with van der Waals surface area (Å²) < 4.78 is 4.79. The predicted octanol–water partition coefficient (Wildman–Crippen LogP) is 4.46. The van der Waals surface area contributed by atoms with Gasteiger partial charge in [0.15, 0.2) is 5.78 Å². The van der Waals surface area contributed by atoms with Crippen molar-refractivity contribution in [1.29, 1.82) is 0 Å². The molecule has 2 heterocycles. The summed E-state index contributed by atoms with van der Waals surface area (Å²) in [5.74, 6) is -3.44. The summed E-state index contributed by atoms with van der Waals surface area (Å²) in [5.41, 5.74) is 4.12. The lowest BCUT2D eigenvalue weighted by atomic mass is 9.85. The number of nitrogens with zero attached hydrogens (tertiary/aromatic N) is 1. The summed E-state index contributed by atoms with van der Waals surface area (Å²) in [4.78, 5) is 57.0. The molecule has 2 unspecified atom stereocenters. The molecule has 1 N–H and O–H groups in total. The normalized spacial score (nSPS) is 17.4. The molecule has 1 aromatic heterocycles. The molecule has 7 heteroatoms. The first-order valence-corrected chi connectivity index (χ1v) is 12.1. The number of aryl methyl sites for hydroxylation is 1. The number of Topliss-reactive ketones (excluding diaryl/α,β-unsaturated/α-hetero) is 2. The van der Waals surface area contributed by atoms with Gasteiger partial charge >= 0.3 is 5.97 Å². The summed E-state index contributed by atoms with van der Waals surface area (Å²) in [6.45, 7) is 2.07. The van der Waals surface area contributed by atoms with Crippen molar-refractivity contribution in [3.05, 3.63) is 107 Å². The van der Waals surface area contributed by atoms with E-state index in [4.69, 9.17) is 4.74 Å². The van der Waals surface area contributed by atoms with Crippen molar-refractivity contribution in [3.8, 4) is 0 Å². The Hall–Kier alpha value is -4.52. The maximum atomic E-state index is 13.7. The van der Waals surface area contributed by atoms with Gasteiger partial charge in [0, 0.05) is 29.2 Å². The number of likely N-dealkylation sites (tertiary alicyclic amines) is 1. The molecule has 1 aliphatic heterocycles. The van der Waals surface area contributed by atoms with Crippen LogP contribution in [0.5, 0.6) is 0 Å². The first kappa shape index (κ1) is 24.2. The molecule has 5 rings (SSSR count). The second kappa shape index (κ2) is 9.85. The van der Waals surface area contributed by atoms with Crippen molar-refractivity contribution in [1.82, 2.24) is 9.88 Å². The minimum Gasteiger partial charge on any atom is -0.465 e. The van der Waals surface area contributed by atoms with Crippen LogP contribution in [0, 0.1) is 12.8 Å². The Balaban J connectivity index is 1.53. The molecule has 1 aliphatic rings. The molecule has 1 amide bonds. The molecular formula is C30H26N2O5. The van der Waals surface area contributed by atoms with E-state index in [1.54, 1.807) is 36.4 Å². The predicted molar refractivity (Wildman–Crippen MR) is 138 cm³/mol. The third-order valence-corrected chi connectivity index (χ3v) is 7.07. The van der Waals surface area contributed by atoms with Crippen molar-refractivity contribution in [2.45, 2.75) is 19.4 Å². The highest BCUT2D eigenvalue weighted by atomic mass is 16.5. The lowest BCUT2D eigenvalue weighted by Crippen LogP contribution is -2.32. The summed E-state index contributed by atoms with van der Waals surface area (Å²) in [6.07, 6.45) is 2.41. The molecule has 0 saturated carbocycles. The molecule has 1 fully saturated rings. The van der Waals surface area contributed by atoms with E-state index < -0.39 is 29.6 Å². The first-order chi connectivity index (χ1) is 17.9. The van der Waals surface area contributed by atoms with Gasteiger partial charge in [-0.2, -0.15) is 0 Å². The van der Waals surface area contributed by atoms with E-state index in [1.807, 2.05) is 49.5 Å². The number of ketones is 2. The molecule has 0 aliphatic carbocycles. The zero-order valence-corrected chi connectivity index (χ0v) is 20.6. The number of nitrogens with one attached hydrogen (secondary N) is 1. The lowest BCUT2D eigenvalue weighted by molar-refractivity contribution is -0.140. The van der Waals surface area contributed by atoms with Crippen LogP contribution in [0.15, 0.2) is 79.0 Å². The zero-order valence-electron chi connectivity index (χ0n) is 20.6. The van der Waals surface area contributed by atoms with Gasteiger partial charge in [-0.05, 0) is 48.2 Å². The number of aromatic nitrogens is 1. The number of rotatable bonds is 7. The van der Waals surface area contributed by atoms with Gasteiger partial charge in [-0.15, -0.1) is 0 Å². The Labute approximate surface area is 214 Å². The quantitative estimate of drug-likeness (QED) is 0.177. The van der Waals surface area contributed by atoms with Gasteiger partial charge in [0.05, 0.1) is 18.7 Å². The van der Waals surface area contributed by atoms with Gasteiger partial charge in [-0.1, -0.05) is 54.6 Å². The van der Waals surface area contributed by atoms with Crippen molar-refractivity contribution in [2.24, 2.45) is 5.92 Å². The molecular weight excluding hydrogens is 468 g/mol. The highest BCUT2D eigenvalue weighted by Gasteiger charge is 2.51.